The molecule has 3 heteroatoms. The van der Waals surface area contributed by atoms with E-state index in [9.17, 15) is 13.2 Å². The Kier molecular flexibility index (Phi) is 2.74. The molecule has 9 heavy (non-hydrogen) atoms. The molecule has 0 fully saturated rings. The van der Waals surface area contributed by atoms with Gasteiger partial charge in [-0.3, -0.25) is 0 Å². The van der Waals surface area contributed by atoms with E-state index in [1.165, 1.54) is 13.0 Å². The Labute approximate surface area is 52.4 Å². The van der Waals surface area contributed by atoms with E-state index < -0.39 is 18.5 Å². The third-order valence-corrected chi connectivity index (χ3v) is 0.956. The minimum atomic E-state index is -4.05. The highest BCUT2D eigenvalue weighted by Crippen LogP contribution is 2.24. The van der Waals surface area contributed by atoms with Gasteiger partial charge in [0.1, 0.15) is 0 Å². The van der Waals surface area contributed by atoms with Gasteiger partial charge in [-0.25, -0.2) is 0 Å². The van der Waals surface area contributed by atoms with Gasteiger partial charge in [-0.05, 0) is 5.92 Å². The molecule has 0 nitrogen and oxygen atoms in total. The summed E-state index contributed by atoms with van der Waals surface area (Å²) in [5, 5.41) is 0. The summed E-state index contributed by atoms with van der Waals surface area (Å²) in [5.41, 5.74) is 0. The molecule has 1 unspecified atom stereocenters. The molecule has 0 aromatic carbocycles. The summed E-state index contributed by atoms with van der Waals surface area (Å²) in [6.45, 7) is 4.73. The fourth-order valence-corrected chi connectivity index (χ4v) is 0.448. The van der Waals surface area contributed by atoms with Crippen molar-refractivity contribution in [3.8, 4) is 0 Å². The van der Waals surface area contributed by atoms with Crippen molar-refractivity contribution in [2.24, 2.45) is 5.92 Å². The van der Waals surface area contributed by atoms with Crippen LogP contribution in [0.3, 0.4) is 0 Å². The van der Waals surface area contributed by atoms with Gasteiger partial charge < -0.3 is 0 Å². The van der Waals surface area contributed by atoms with E-state index in [0.29, 0.717) is 0 Å². The quantitative estimate of drug-likeness (QED) is 0.514. The van der Waals surface area contributed by atoms with Crippen molar-refractivity contribution in [2.75, 3.05) is 0 Å². The van der Waals surface area contributed by atoms with Gasteiger partial charge >= 0.3 is 6.18 Å². The van der Waals surface area contributed by atoms with Gasteiger partial charge in [-0.2, -0.15) is 13.2 Å². The van der Waals surface area contributed by atoms with Crippen LogP contribution in [0.25, 0.3) is 0 Å². The molecular formula is C6H9F3. The molecule has 54 valence electrons. The van der Waals surface area contributed by atoms with Crippen LogP contribution in [-0.2, 0) is 0 Å². The number of hydrogen-bond donors (Lipinski definition) is 0. The predicted molar refractivity (Wildman–Crippen MR) is 30.0 cm³/mol. The van der Waals surface area contributed by atoms with Crippen molar-refractivity contribution in [1.29, 1.82) is 0 Å². The maximum Gasteiger partial charge on any atom is 0.389 e. The summed E-state index contributed by atoms with van der Waals surface area (Å²) in [6, 6.07) is 0. The minimum Gasteiger partial charge on any atom is -0.171 e. The third-order valence-electron chi connectivity index (χ3n) is 0.956. The molecule has 0 aliphatic heterocycles. The molecule has 0 aliphatic carbocycles. The second-order valence-electron chi connectivity index (χ2n) is 2.03. The van der Waals surface area contributed by atoms with E-state index in [0.717, 1.165) is 0 Å². The van der Waals surface area contributed by atoms with Crippen molar-refractivity contribution >= 4 is 0 Å². The molecule has 0 radical (unpaired) electrons. The molecule has 0 spiro atoms. The van der Waals surface area contributed by atoms with Crippen LogP contribution >= 0.6 is 0 Å². The van der Waals surface area contributed by atoms with Gasteiger partial charge in [-0.15, -0.1) is 6.58 Å². The highest BCUT2D eigenvalue weighted by molar-refractivity contribution is 4.76. The maximum atomic E-state index is 11.4. The molecular weight excluding hydrogens is 129 g/mol. The number of hydrogen-bond acceptors (Lipinski definition) is 0. The zero-order chi connectivity index (χ0) is 7.49. The molecule has 0 rings (SSSR count). The predicted octanol–water partition coefficient (Wildman–Crippen LogP) is 2.76. The number of rotatable bonds is 2. The van der Waals surface area contributed by atoms with E-state index in [1.807, 2.05) is 0 Å². The summed E-state index contributed by atoms with van der Waals surface area (Å²) in [5.74, 6) is -0.468. The average molecular weight is 138 g/mol. The monoisotopic (exact) mass is 138 g/mol. The molecule has 0 aliphatic rings. The van der Waals surface area contributed by atoms with Crippen LogP contribution in [0.2, 0.25) is 0 Å². The van der Waals surface area contributed by atoms with Gasteiger partial charge in [0, 0.05) is 6.42 Å². The van der Waals surface area contributed by atoms with Crippen molar-refractivity contribution < 1.29 is 13.2 Å². The van der Waals surface area contributed by atoms with Gasteiger partial charge in [0.15, 0.2) is 0 Å². The summed E-state index contributed by atoms with van der Waals surface area (Å²) in [6.07, 6.45) is -3.52. The molecule has 0 saturated carbocycles. The fourth-order valence-electron chi connectivity index (χ4n) is 0.448. The van der Waals surface area contributed by atoms with E-state index >= 15 is 0 Å². The largest absolute Gasteiger partial charge is 0.389 e. The lowest BCUT2D eigenvalue weighted by Gasteiger charge is -2.08. The van der Waals surface area contributed by atoms with Gasteiger partial charge in [0.25, 0.3) is 0 Å². The standard InChI is InChI=1S/C6H9F3/c1-3-5(2)4-6(7,8)9/h3,5H,1,4H2,2H3. The number of allylic oxidation sites excluding steroid dienone is 1. The van der Waals surface area contributed by atoms with Gasteiger partial charge in [0.2, 0.25) is 0 Å². The average Bonchev–Trinajstić information content (AvgIpc) is 1.62. The maximum absolute atomic E-state index is 11.4. The second kappa shape index (κ2) is 2.90. The Morgan fingerprint density at radius 2 is 2.00 bits per heavy atom. The Morgan fingerprint density at radius 1 is 1.56 bits per heavy atom. The Hall–Kier alpha value is -0.470. The van der Waals surface area contributed by atoms with E-state index in [4.69, 9.17) is 0 Å². The normalized spacial score (nSPS) is 15.1. The molecule has 0 aromatic heterocycles. The molecule has 1 atom stereocenters. The molecule has 0 aromatic rings. The van der Waals surface area contributed by atoms with Crippen molar-refractivity contribution in [2.45, 2.75) is 19.5 Å². The first-order valence-corrected chi connectivity index (χ1v) is 2.65. The van der Waals surface area contributed by atoms with Gasteiger partial charge in [-0.1, -0.05) is 13.0 Å². The topological polar surface area (TPSA) is 0 Å². The molecule has 0 saturated heterocycles. The first-order chi connectivity index (χ1) is 3.95. The van der Waals surface area contributed by atoms with Crippen LogP contribution < -0.4 is 0 Å². The molecule has 0 amide bonds. The van der Waals surface area contributed by atoms with Gasteiger partial charge in [0.05, 0.1) is 0 Å². The summed E-state index contributed by atoms with van der Waals surface area (Å²) in [4.78, 5) is 0. The number of halogens is 3. The lowest BCUT2D eigenvalue weighted by Crippen LogP contribution is -2.11. The summed E-state index contributed by atoms with van der Waals surface area (Å²) >= 11 is 0. The van der Waals surface area contributed by atoms with Crippen LogP contribution in [0.15, 0.2) is 12.7 Å². The third kappa shape index (κ3) is 5.40. The van der Waals surface area contributed by atoms with E-state index in [2.05, 4.69) is 6.58 Å². The zero-order valence-electron chi connectivity index (χ0n) is 5.20. The smallest absolute Gasteiger partial charge is 0.171 e. The highest BCUT2D eigenvalue weighted by atomic mass is 19.4. The Morgan fingerprint density at radius 3 is 2.11 bits per heavy atom. The lowest BCUT2D eigenvalue weighted by molar-refractivity contribution is -0.140. The second-order valence-corrected chi connectivity index (χ2v) is 2.03. The van der Waals surface area contributed by atoms with E-state index in [1.54, 1.807) is 0 Å². The summed E-state index contributed by atoms with van der Waals surface area (Å²) < 4.78 is 34.3. The van der Waals surface area contributed by atoms with Crippen LogP contribution in [0.5, 0.6) is 0 Å². The Bertz CT molecular complexity index is 93.0. The molecule has 0 N–H and O–H groups in total. The van der Waals surface area contributed by atoms with E-state index in [-0.39, 0.29) is 0 Å². The zero-order valence-corrected chi connectivity index (χ0v) is 5.20. The van der Waals surface area contributed by atoms with Crippen molar-refractivity contribution in [3.63, 3.8) is 0 Å². The molecule has 0 heterocycles. The lowest BCUT2D eigenvalue weighted by atomic mass is 10.1. The highest BCUT2D eigenvalue weighted by Gasteiger charge is 2.28. The number of alkyl halides is 3. The first kappa shape index (κ1) is 8.53. The van der Waals surface area contributed by atoms with Crippen LogP contribution in [0, 0.1) is 5.92 Å². The fraction of sp³-hybridized carbons (Fsp3) is 0.667. The van der Waals surface area contributed by atoms with Crippen LogP contribution in [0.1, 0.15) is 13.3 Å². The van der Waals surface area contributed by atoms with Crippen molar-refractivity contribution in [3.05, 3.63) is 12.7 Å². The summed E-state index contributed by atoms with van der Waals surface area (Å²) in [7, 11) is 0. The van der Waals surface area contributed by atoms with Crippen LogP contribution in [-0.4, -0.2) is 6.18 Å². The van der Waals surface area contributed by atoms with Crippen LogP contribution in [0.4, 0.5) is 13.2 Å². The first-order valence-electron chi connectivity index (χ1n) is 2.65. The SMILES string of the molecule is C=CC(C)CC(F)(F)F. The Balaban J connectivity index is 3.59. The van der Waals surface area contributed by atoms with Crippen molar-refractivity contribution in [1.82, 2.24) is 0 Å². The minimum absolute atomic E-state index is 0.468. The molecule has 0 bridgehead atoms.